The van der Waals surface area contributed by atoms with Crippen molar-refractivity contribution in [3.8, 4) is 11.8 Å². The first kappa shape index (κ1) is 11.4. The quantitative estimate of drug-likeness (QED) is 0.801. The molecule has 2 N–H and O–H groups in total. The zero-order chi connectivity index (χ0) is 12.5. The fourth-order valence-electron chi connectivity index (χ4n) is 1.70. The van der Waals surface area contributed by atoms with Crippen LogP contribution in [0.15, 0.2) is 24.3 Å². The average molecular weight is 236 g/mol. The number of benzene rings is 1. The molecule has 0 aromatic heterocycles. The third-order valence-electron chi connectivity index (χ3n) is 2.59. The molecule has 0 atom stereocenters. The van der Waals surface area contributed by atoms with Crippen molar-refractivity contribution in [2.75, 3.05) is 19.1 Å². The van der Waals surface area contributed by atoms with Crippen LogP contribution in [0, 0.1) is 11.3 Å². The first-order valence-electron chi connectivity index (χ1n) is 4.98. The van der Waals surface area contributed by atoms with E-state index in [1.807, 2.05) is 6.07 Å². The molecule has 0 saturated heterocycles. The molecule has 1 aromatic carbocycles. The fraction of sp³-hybridized carbons (Fsp3) is 0.250. The van der Waals surface area contributed by atoms with Gasteiger partial charge in [-0.15, -0.1) is 0 Å². The molecule has 0 bridgehead atoms. The highest BCUT2D eigenvalue weighted by Gasteiger charge is 2.36. The minimum atomic E-state index is -1.69. The van der Waals surface area contributed by atoms with E-state index in [4.69, 9.17) is 15.7 Å². The van der Waals surface area contributed by atoms with Gasteiger partial charge in [-0.2, -0.15) is 5.26 Å². The number of alkyl halides is 2. The van der Waals surface area contributed by atoms with Crippen molar-refractivity contribution in [1.82, 2.24) is 0 Å². The first-order chi connectivity index (χ1) is 8.14. The van der Waals surface area contributed by atoms with Crippen molar-refractivity contribution in [3.63, 3.8) is 0 Å². The molecule has 88 valence electrons. The summed E-state index contributed by atoms with van der Waals surface area (Å²) in [5.41, 5.74) is 5.00. The molecule has 0 spiro atoms. The van der Waals surface area contributed by atoms with Gasteiger partial charge in [-0.3, -0.25) is 0 Å². The molecule has 1 aliphatic rings. The summed E-state index contributed by atoms with van der Waals surface area (Å²) in [5.74, 6) is 0.272. The predicted molar refractivity (Wildman–Crippen MR) is 59.8 cm³/mol. The molecule has 2 rings (SSSR count). The van der Waals surface area contributed by atoms with Crippen LogP contribution in [0.1, 0.15) is 5.56 Å². The minimum Gasteiger partial charge on any atom is -0.477 e. The Bertz CT molecular complexity index is 516. The number of ether oxygens (including phenoxy) is 1. The SMILES string of the molecule is N#CC1=CC(CF)(CF)Oc2ccc(N)cc21. The highest BCUT2D eigenvalue weighted by atomic mass is 19.1. The van der Waals surface area contributed by atoms with E-state index in [1.54, 1.807) is 12.1 Å². The molecule has 0 radical (unpaired) electrons. The highest BCUT2D eigenvalue weighted by molar-refractivity contribution is 5.83. The lowest BCUT2D eigenvalue weighted by Crippen LogP contribution is -2.41. The van der Waals surface area contributed by atoms with Gasteiger partial charge in [0, 0.05) is 11.3 Å². The summed E-state index contributed by atoms with van der Waals surface area (Å²) in [4.78, 5) is 0. The Morgan fingerprint density at radius 3 is 2.65 bits per heavy atom. The van der Waals surface area contributed by atoms with Gasteiger partial charge in [0.1, 0.15) is 19.1 Å². The Kier molecular flexibility index (Phi) is 2.72. The summed E-state index contributed by atoms with van der Waals surface area (Å²) in [6.45, 7) is -2.06. The van der Waals surface area contributed by atoms with Gasteiger partial charge in [0.15, 0.2) is 5.60 Å². The third-order valence-corrected chi connectivity index (χ3v) is 2.59. The summed E-state index contributed by atoms with van der Waals surface area (Å²) in [6, 6.07) is 6.51. The van der Waals surface area contributed by atoms with Crippen LogP contribution in [0.2, 0.25) is 0 Å². The molecular formula is C12H10F2N2O. The van der Waals surface area contributed by atoms with Crippen LogP contribution in [0.5, 0.6) is 5.75 Å². The van der Waals surface area contributed by atoms with Gasteiger partial charge in [-0.05, 0) is 24.3 Å². The number of fused-ring (bicyclic) bond motifs is 1. The van der Waals surface area contributed by atoms with Crippen LogP contribution in [0.4, 0.5) is 14.5 Å². The molecule has 0 amide bonds. The maximum Gasteiger partial charge on any atom is 0.185 e. The zero-order valence-corrected chi connectivity index (χ0v) is 8.91. The third kappa shape index (κ3) is 1.82. The van der Waals surface area contributed by atoms with E-state index in [0.717, 1.165) is 0 Å². The van der Waals surface area contributed by atoms with E-state index in [1.165, 1.54) is 12.1 Å². The lowest BCUT2D eigenvalue weighted by atomic mass is 9.94. The van der Waals surface area contributed by atoms with E-state index in [2.05, 4.69) is 0 Å². The number of nitrogens with zero attached hydrogens (tertiary/aromatic N) is 1. The molecule has 5 heteroatoms. The molecule has 0 fully saturated rings. The molecule has 17 heavy (non-hydrogen) atoms. The van der Waals surface area contributed by atoms with Crippen molar-refractivity contribution in [2.24, 2.45) is 0 Å². The first-order valence-corrected chi connectivity index (χ1v) is 4.98. The van der Waals surface area contributed by atoms with Crippen molar-refractivity contribution < 1.29 is 13.5 Å². The molecule has 3 nitrogen and oxygen atoms in total. The summed E-state index contributed by atoms with van der Waals surface area (Å²) in [6.07, 6.45) is 1.18. The van der Waals surface area contributed by atoms with E-state index >= 15 is 0 Å². The Morgan fingerprint density at radius 2 is 2.06 bits per heavy atom. The lowest BCUT2D eigenvalue weighted by molar-refractivity contribution is 0.0595. The Labute approximate surface area is 97.1 Å². The van der Waals surface area contributed by atoms with Crippen molar-refractivity contribution in [1.29, 1.82) is 5.26 Å². The van der Waals surface area contributed by atoms with E-state index < -0.39 is 19.0 Å². The Morgan fingerprint density at radius 1 is 1.35 bits per heavy atom. The number of nitrogen functional groups attached to an aromatic ring is 1. The summed E-state index contributed by atoms with van der Waals surface area (Å²) < 4.78 is 31.0. The van der Waals surface area contributed by atoms with Gasteiger partial charge in [0.2, 0.25) is 0 Å². The predicted octanol–water partition coefficient (Wildman–Crippen LogP) is 2.25. The fourth-order valence-corrected chi connectivity index (χ4v) is 1.70. The van der Waals surface area contributed by atoms with Crippen LogP contribution in [-0.2, 0) is 0 Å². The molecule has 0 unspecified atom stereocenters. The summed E-state index contributed by atoms with van der Waals surface area (Å²) in [5, 5.41) is 8.99. The summed E-state index contributed by atoms with van der Waals surface area (Å²) in [7, 11) is 0. The molecule has 0 saturated carbocycles. The maximum absolute atomic E-state index is 12.9. The monoisotopic (exact) mass is 236 g/mol. The number of rotatable bonds is 2. The number of nitriles is 1. The second-order valence-corrected chi connectivity index (χ2v) is 3.86. The van der Waals surface area contributed by atoms with Gasteiger partial charge in [0.25, 0.3) is 0 Å². The van der Waals surface area contributed by atoms with Gasteiger partial charge in [0.05, 0.1) is 11.6 Å². The minimum absolute atomic E-state index is 0.175. The Hall–Kier alpha value is -2.09. The van der Waals surface area contributed by atoms with Gasteiger partial charge in [-0.25, -0.2) is 8.78 Å². The number of allylic oxidation sites excluding steroid dienone is 1. The largest absolute Gasteiger partial charge is 0.477 e. The maximum atomic E-state index is 12.9. The van der Waals surface area contributed by atoms with Crippen LogP contribution in [0.25, 0.3) is 5.57 Å². The molecule has 1 heterocycles. The van der Waals surface area contributed by atoms with Crippen molar-refractivity contribution >= 4 is 11.3 Å². The van der Waals surface area contributed by atoms with Gasteiger partial charge < -0.3 is 10.5 Å². The topological polar surface area (TPSA) is 59.0 Å². The van der Waals surface area contributed by atoms with Gasteiger partial charge in [-0.1, -0.05) is 0 Å². The molecule has 1 aliphatic heterocycles. The second kappa shape index (κ2) is 4.06. The van der Waals surface area contributed by atoms with Crippen LogP contribution in [0.3, 0.4) is 0 Å². The normalized spacial score (nSPS) is 16.4. The lowest BCUT2D eigenvalue weighted by Gasteiger charge is -2.31. The van der Waals surface area contributed by atoms with Crippen LogP contribution in [-0.4, -0.2) is 19.0 Å². The second-order valence-electron chi connectivity index (χ2n) is 3.86. The number of nitrogens with two attached hydrogens (primary N) is 1. The smallest absolute Gasteiger partial charge is 0.185 e. The number of hydrogen-bond donors (Lipinski definition) is 1. The summed E-state index contributed by atoms with van der Waals surface area (Å²) >= 11 is 0. The van der Waals surface area contributed by atoms with E-state index in [-0.39, 0.29) is 11.3 Å². The Balaban J connectivity index is 2.58. The van der Waals surface area contributed by atoms with Crippen molar-refractivity contribution in [3.05, 3.63) is 29.8 Å². The highest BCUT2D eigenvalue weighted by Crippen LogP contribution is 2.37. The zero-order valence-electron chi connectivity index (χ0n) is 8.91. The number of anilines is 1. The van der Waals surface area contributed by atoms with E-state index in [0.29, 0.717) is 11.3 Å². The molecule has 0 aliphatic carbocycles. The van der Waals surface area contributed by atoms with Gasteiger partial charge >= 0.3 is 0 Å². The standard InChI is InChI=1S/C12H10F2N2O/c13-6-12(7-14)4-8(5-15)10-3-9(16)1-2-11(10)17-12/h1-4H,6-7,16H2. The van der Waals surface area contributed by atoms with Crippen molar-refractivity contribution in [2.45, 2.75) is 5.60 Å². The number of halogens is 2. The van der Waals surface area contributed by atoms with Crippen LogP contribution < -0.4 is 10.5 Å². The average Bonchev–Trinajstić information content (AvgIpc) is 2.37. The van der Waals surface area contributed by atoms with E-state index in [9.17, 15) is 8.78 Å². The molecular weight excluding hydrogens is 226 g/mol. The number of hydrogen-bond acceptors (Lipinski definition) is 3. The molecule has 1 aromatic rings. The van der Waals surface area contributed by atoms with Crippen LogP contribution >= 0.6 is 0 Å².